The van der Waals surface area contributed by atoms with Crippen molar-refractivity contribution in [3.05, 3.63) is 12.7 Å². The van der Waals surface area contributed by atoms with Crippen LogP contribution in [0.25, 0.3) is 11.2 Å². The zero-order chi connectivity index (χ0) is 22.6. The van der Waals surface area contributed by atoms with Crippen molar-refractivity contribution in [2.75, 3.05) is 11.9 Å². The van der Waals surface area contributed by atoms with Crippen LogP contribution in [0.3, 0.4) is 0 Å². The number of hydrogen-bond acceptors (Lipinski definition) is 11. The van der Waals surface area contributed by atoms with Gasteiger partial charge >= 0.3 is 35.6 Å². The molecule has 0 aromatic carbocycles. The van der Waals surface area contributed by atoms with Gasteiger partial charge in [0, 0.05) is 5.41 Å². The molecule has 2 aliphatic heterocycles. The van der Waals surface area contributed by atoms with Crippen LogP contribution >= 0.6 is 7.82 Å². The number of carbonyl (C=O) groups excluding carboxylic acids is 2. The first-order valence-electron chi connectivity index (χ1n) is 9.24. The Bertz CT molecular complexity index is 1090. The van der Waals surface area contributed by atoms with E-state index in [2.05, 4.69) is 30.1 Å². The second-order valence-electron chi connectivity index (χ2n) is 8.07. The van der Waals surface area contributed by atoms with Gasteiger partial charge in [0.1, 0.15) is 24.6 Å². The van der Waals surface area contributed by atoms with Gasteiger partial charge in [0.15, 0.2) is 23.2 Å². The first-order valence-corrected chi connectivity index (χ1v) is 10.7. The Balaban J connectivity index is 0.00000289. The molecule has 5 unspecified atom stereocenters. The third-order valence-corrected chi connectivity index (χ3v) is 5.70. The molecular weight excluding hydrogens is 458 g/mol. The smallest absolute Gasteiger partial charge is 0.756 e. The third-order valence-electron chi connectivity index (χ3n) is 4.73. The van der Waals surface area contributed by atoms with Crippen molar-refractivity contribution in [2.45, 2.75) is 45.3 Å². The van der Waals surface area contributed by atoms with Crippen LogP contribution in [0, 0.1) is 5.41 Å². The molecule has 5 atom stereocenters. The molecular formula is C16H20N6NaO8P. The second-order valence-corrected chi connectivity index (χ2v) is 9.44. The molecule has 2 saturated heterocycles. The summed E-state index contributed by atoms with van der Waals surface area (Å²) in [5, 5.41) is 15.2. The normalized spacial score (nSPS) is 29.8. The number of carbonyl (C=O) groups is 2. The summed E-state index contributed by atoms with van der Waals surface area (Å²) in [7, 11) is -4.52. The van der Waals surface area contributed by atoms with Crippen molar-refractivity contribution in [1.29, 1.82) is 0 Å². The molecule has 0 aliphatic carbocycles. The first kappa shape index (κ1) is 25.1. The number of fused-ring (bicyclic) bond motifs is 2. The molecule has 2 fully saturated rings. The number of aliphatic hydroxyl groups is 1. The predicted molar refractivity (Wildman–Crippen MR) is 100 cm³/mol. The standard InChI is InChI=1S/C16H21N6O8P.Na/c1-16(2,3)14(24)21-15(25)20-11-8-12(18-5-17-11)22(6-19-8)13-9(23)10-7(29-13)4-28-31(26,27)30-10;/h5-7,9-10,13,23H,4H2,1-3H3,(H,26,27)(H2,17,18,20,21,24,25);/q;+1/p-1. The fourth-order valence-corrected chi connectivity index (χ4v) is 4.07. The number of rotatable bonds is 2. The first-order chi connectivity index (χ1) is 14.5. The van der Waals surface area contributed by atoms with E-state index in [4.69, 9.17) is 9.26 Å². The molecule has 3 amide bonds. The molecule has 32 heavy (non-hydrogen) atoms. The molecule has 168 valence electrons. The number of hydrogen-bond donors (Lipinski definition) is 3. The molecule has 0 spiro atoms. The SMILES string of the molecule is CC(C)(C)C(=O)NC(=O)Nc1ncnc2c1ncn2C1OC2COP(=O)([O-])OC2C1O.[Na+]. The zero-order valence-corrected chi connectivity index (χ0v) is 20.6. The molecule has 4 heterocycles. The van der Waals surface area contributed by atoms with Gasteiger partial charge < -0.3 is 23.8 Å². The van der Waals surface area contributed by atoms with Crippen LogP contribution in [0.1, 0.15) is 27.0 Å². The monoisotopic (exact) mass is 478 g/mol. The summed E-state index contributed by atoms with van der Waals surface area (Å²) >= 11 is 0. The van der Waals surface area contributed by atoms with Gasteiger partial charge in [0.25, 0.3) is 7.82 Å². The maximum absolute atomic E-state index is 12.2. The maximum Gasteiger partial charge on any atom is 1.00 e. The minimum absolute atomic E-state index is 0. The number of urea groups is 1. The van der Waals surface area contributed by atoms with Crippen molar-refractivity contribution in [2.24, 2.45) is 5.41 Å². The van der Waals surface area contributed by atoms with Crippen molar-refractivity contribution >= 4 is 36.7 Å². The van der Waals surface area contributed by atoms with Crippen LogP contribution in [0.5, 0.6) is 0 Å². The van der Waals surface area contributed by atoms with Crippen molar-refractivity contribution in [1.82, 2.24) is 24.8 Å². The quantitative estimate of drug-likeness (QED) is 0.289. The Hall–Kier alpha value is -1.48. The van der Waals surface area contributed by atoms with Gasteiger partial charge in [-0.05, 0) is 0 Å². The number of ether oxygens (including phenoxy) is 1. The summed E-state index contributed by atoms with van der Waals surface area (Å²) in [5.74, 6) is -0.458. The van der Waals surface area contributed by atoms with Gasteiger partial charge in [-0.3, -0.25) is 24.6 Å². The number of nitrogens with one attached hydrogen (secondary N) is 2. The van der Waals surface area contributed by atoms with Gasteiger partial charge in [0.05, 0.1) is 12.9 Å². The maximum atomic E-state index is 12.2. The van der Waals surface area contributed by atoms with Crippen LogP contribution in [-0.4, -0.2) is 61.5 Å². The van der Waals surface area contributed by atoms with E-state index in [0.717, 1.165) is 6.33 Å². The molecule has 3 N–H and O–H groups in total. The van der Waals surface area contributed by atoms with Gasteiger partial charge in [-0.1, -0.05) is 20.8 Å². The number of aromatic nitrogens is 4. The summed E-state index contributed by atoms with van der Waals surface area (Å²) < 4.78 is 28.0. The average Bonchev–Trinajstić information content (AvgIpc) is 3.22. The second kappa shape index (κ2) is 9.05. The molecule has 0 radical (unpaired) electrons. The number of amides is 3. The Morgan fingerprint density at radius 1 is 1.31 bits per heavy atom. The minimum atomic E-state index is -4.52. The number of imidazole rings is 1. The summed E-state index contributed by atoms with van der Waals surface area (Å²) in [5.41, 5.74) is -0.411. The minimum Gasteiger partial charge on any atom is -0.756 e. The molecule has 2 aromatic rings. The molecule has 2 aromatic heterocycles. The fraction of sp³-hybridized carbons (Fsp3) is 0.562. The predicted octanol–water partition coefficient (Wildman–Crippen LogP) is -3.33. The van der Waals surface area contributed by atoms with E-state index in [-0.39, 0.29) is 53.1 Å². The van der Waals surface area contributed by atoms with Crippen molar-refractivity contribution < 1.29 is 67.5 Å². The Morgan fingerprint density at radius 2 is 2.03 bits per heavy atom. The van der Waals surface area contributed by atoms with Crippen LogP contribution in [0.4, 0.5) is 10.6 Å². The molecule has 14 nitrogen and oxygen atoms in total. The van der Waals surface area contributed by atoms with E-state index in [1.807, 2.05) is 0 Å². The van der Waals surface area contributed by atoms with Gasteiger partial charge in [-0.2, -0.15) is 0 Å². The molecule has 4 rings (SSSR count). The average molecular weight is 478 g/mol. The number of phosphoric acid groups is 1. The summed E-state index contributed by atoms with van der Waals surface area (Å²) in [6.45, 7) is 4.68. The number of phosphoric ester groups is 1. The van der Waals surface area contributed by atoms with Gasteiger partial charge in [-0.25, -0.2) is 19.7 Å². The summed E-state index contributed by atoms with van der Waals surface area (Å²) in [6.07, 6.45) is -1.93. The number of imide groups is 1. The van der Waals surface area contributed by atoms with Crippen LogP contribution < -0.4 is 45.1 Å². The van der Waals surface area contributed by atoms with Crippen LogP contribution in [-0.2, 0) is 23.1 Å². The molecule has 16 heteroatoms. The number of aliphatic hydroxyl groups excluding tert-OH is 1. The van der Waals surface area contributed by atoms with E-state index in [1.54, 1.807) is 20.8 Å². The Morgan fingerprint density at radius 3 is 2.72 bits per heavy atom. The van der Waals surface area contributed by atoms with Crippen molar-refractivity contribution in [3.8, 4) is 0 Å². The van der Waals surface area contributed by atoms with E-state index < -0.39 is 49.7 Å². The Kier molecular flexibility index (Phi) is 7.11. The zero-order valence-electron chi connectivity index (χ0n) is 17.7. The van der Waals surface area contributed by atoms with Gasteiger partial charge in [-0.15, -0.1) is 0 Å². The molecule has 2 aliphatic rings. The van der Waals surface area contributed by atoms with E-state index >= 15 is 0 Å². The number of anilines is 1. The van der Waals surface area contributed by atoms with E-state index in [9.17, 15) is 24.2 Å². The fourth-order valence-electron chi connectivity index (χ4n) is 3.12. The largest absolute Gasteiger partial charge is 1.00 e. The van der Waals surface area contributed by atoms with Crippen LogP contribution in [0.15, 0.2) is 12.7 Å². The molecule has 0 bridgehead atoms. The van der Waals surface area contributed by atoms with Gasteiger partial charge in [0.2, 0.25) is 5.91 Å². The summed E-state index contributed by atoms with van der Waals surface area (Å²) in [4.78, 5) is 47.9. The number of nitrogens with zero attached hydrogens (tertiary/aromatic N) is 4. The third kappa shape index (κ3) is 4.88. The van der Waals surface area contributed by atoms with E-state index in [0.29, 0.717) is 0 Å². The van der Waals surface area contributed by atoms with Crippen molar-refractivity contribution in [3.63, 3.8) is 0 Å². The molecule has 0 saturated carbocycles. The Labute approximate surface area is 204 Å². The van der Waals surface area contributed by atoms with Crippen LogP contribution in [0.2, 0.25) is 0 Å². The van der Waals surface area contributed by atoms with E-state index in [1.165, 1.54) is 10.9 Å². The topological polar surface area (TPSA) is 190 Å². The summed E-state index contributed by atoms with van der Waals surface area (Å²) in [6, 6.07) is -0.797.